The van der Waals surface area contributed by atoms with Gasteiger partial charge in [0.05, 0.1) is 0 Å². The Bertz CT molecular complexity index is 1070. The number of rotatable bonds is 7. The van der Waals surface area contributed by atoms with E-state index < -0.39 is 18.1 Å². The van der Waals surface area contributed by atoms with Gasteiger partial charge in [-0.1, -0.05) is 48.5 Å². The highest BCUT2D eigenvalue weighted by atomic mass is 16.5. The Balaban J connectivity index is 1.39. The van der Waals surface area contributed by atoms with Crippen LogP contribution in [-0.4, -0.2) is 34.8 Å². The van der Waals surface area contributed by atoms with E-state index in [-0.39, 0.29) is 18.9 Å². The van der Waals surface area contributed by atoms with E-state index in [2.05, 4.69) is 22.4 Å². The molecule has 3 aromatic rings. The molecule has 0 fully saturated rings. The summed E-state index contributed by atoms with van der Waals surface area (Å²) in [6, 6.07) is 17.0. The molecule has 0 saturated carbocycles. The Labute approximate surface area is 180 Å². The molecule has 31 heavy (non-hydrogen) atoms. The molecule has 0 aliphatic heterocycles. The smallest absolute Gasteiger partial charge is 0.407 e. The molecule has 6 nitrogen and oxygen atoms in total. The number of alkyl carbamates (subject to hydrolysis) is 1. The third-order valence-corrected chi connectivity index (χ3v) is 5.78. The van der Waals surface area contributed by atoms with Crippen LogP contribution in [0, 0.1) is 6.92 Å². The molecule has 2 aromatic carbocycles. The maximum Gasteiger partial charge on any atom is 0.407 e. The van der Waals surface area contributed by atoms with E-state index in [0.29, 0.717) is 6.42 Å². The summed E-state index contributed by atoms with van der Waals surface area (Å²) in [5.74, 6) is -1.16. The van der Waals surface area contributed by atoms with Crippen LogP contribution in [0.4, 0.5) is 4.79 Å². The minimum Gasteiger partial charge on any atom is -0.480 e. The molecule has 0 bridgehead atoms. The van der Waals surface area contributed by atoms with Gasteiger partial charge < -0.3 is 15.2 Å². The summed E-state index contributed by atoms with van der Waals surface area (Å²) in [5, 5.41) is 12.0. The van der Waals surface area contributed by atoms with Crippen molar-refractivity contribution in [2.24, 2.45) is 0 Å². The lowest BCUT2D eigenvalue weighted by Crippen LogP contribution is -2.41. The number of hydrogen-bond donors (Lipinski definition) is 2. The molecule has 2 N–H and O–H groups in total. The van der Waals surface area contributed by atoms with Crippen LogP contribution in [0.3, 0.4) is 0 Å². The number of carboxylic acids is 1. The summed E-state index contributed by atoms with van der Waals surface area (Å²) in [5.41, 5.74) is 6.50. The maximum atomic E-state index is 12.4. The monoisotopic (exact) mass is 416 g/mol. The number of carbonyl (C=O) groups excluding carboxylic acids is 1. The topological polar surface area (TPSA) is 88.5 Å². The third kappa shape index (κ3) is 4.43. The van der Waals surface area contributed by atoms with Crippen molar-refractivity contribution in [3.63, 3.8) is 0 Å². The zero-order valence-electron chi connectivity index (χ0n) is 17.2. The molecule has 0 spiro atoms. The minimum absolute atomic E-state index is 0.0699. The summed E-state index contributed by atoms with van der Waals surface area (Å²) in [6.07, 6.45) is 3.45. The summed E-state index contributed by atoms with van der Waals surface area (Å²) >= 11 is 0. The number of carbonyl (C=O) groups is 2. The SMILES string of the molecule is Cc1ccncc1CCC(NC(=O)OCC1c2ccccc2-c2ccccc21)C(=O)O. The van der Waals surface area contributed by atoms with Gasteiger partial charge in [-0.25, -0.2) is 9.59 Å². The Kier molecular flexibility index (Phi) is 5.98. The highest BCUT2D eigenvalue weighted by Gasteiger charge is 2.29. The van der Waals surface area contributed by atoms with E-state index in [1.54, 1.807) is 12.4 Å². The number of pyridine rings is 1. The van der Waals surface area contributed by atoms with Gasteiger partial charge >= 0.3 is 12.1 Å². The molecule has 158 valence electrons. The first-order valence-corrected chi connectivity index (χ1v) is 10.3. The van der Waals surface area contributed by atoms with Crippen LogP contribution >= 0.6 is 0 Å². The van der Waals surface area contributed by atoms with E-state index in [1.807, 2.05) is 49.4 Å². The van der Waals surface area contributed by atoms with Crippen molar-refractivity contribution in [1.82, 2.24) is 10.3 Å². The van der Waals surface area contributed by atoms with Gasteiger partial charge in [0.2, 0.25) is 0 Å². The summed E-state index contributed by atoms with van der Waals surface area (Å²) in [7, 11) is 0. The minimum atomic E-state index is -1.09. The number of nitrogens with one attached hydrogen (secondary N) is 1. The normalized spacial score (nSPS) is 13.2. The van der Waals surface area contributed by atoms with Crippen LogP contribution in [0.15, 0.2) is 67.0 Å². The summed E-state index contributed by atoms with van der Waals surface area (Å²) in [4.78, 5) is 28.1. The van der Waals surface area contributed by atoms with Crippen molar-refractivity contribution in [3.8, 4) is 11.1 Å². The largest absolute Gasteiger partial charge is 0.480 e. The zero-order valence-corrected chi connectivity index (χ0v) is 17.2. The van der Waals surface area contributed by atoms with Crippen molar-refractivity contribution in [1.29, 1.82) is 0 Å². The van der Waals surface area contributed by atoms with Gasteiger partial charge in [0, 0.05) is 18.3 Å². The molecule has 1 aliphatic rings. The number of amides is 1. The van der Waals surface area contributed by atoms with E-state index in [1.165, 1.54) is 0 Å². The van der Waals surface area contributed by atoms with Crippen LogP contribution in [0.2, 0.25) is 0 Å². The predicted molar refractivity (Wildman–Crippen MR) is 117 cm³/mol. The second-order valence-electron chi connectivity index (χ2n) is 7.70. The van der Waals surface area contributed by atoms with Crippen molar-refractivity contribution in [2.45, 2.75) is 31.7 Å². The van der Waals surface area contributed by atoms with Gasteiger partial charge in [0.25, 0.3) is 0 Å². The molecule has 0 saturated heterocycles. The quantitative estimate of drug-likeness (QED) is 0.599. The summed E-state index contributed by atoms with van der Waals surface area (Å²) < 4.78 is 5.47. The molecule has 1 aliphatic carbocycles. The highest BCUT2D eigenvalue weighted by molar-refractivity contribution is 5.81. The fourth-order valence-corrected chi connectivity index (χ4v) is 4.10. The Hall–Kier alpha value is -3.67. The molecular weight excluding hydrogens is 392 g/mol. The lowest BCUT2D eigenvalue weighted by Gasteiger charge is -2.17. The number of aryl methyl sites for hydroxylation is 2. The third-order valence-electron chi connectivity index (χ3n) is 5.78. The second-order valence-corrected chi connectivity index (χ2v) is 7.70. The number of nitrogens with zero attached hydrogens (tertiary/aromatic N) is 1. The van der Waals surface area contributed by atoms with E-state index in [9.17, 15) is 14.7 Å². The second kappa shape index (κ2) is 9.00. The van der Waals surface area contributed by atoms with Gasteiger partial charge in [-0.3, -0.25) is 4.98 Å². The average Bonchev–Trinajstić information content (AvgIpc) is 3.10. The number of aromatic nitrogens is 1. The van der Waals surface area contributed by atoms with Crippen LogP contribution in [0.25, 0.3) is 11.1 Å². The molecule has 1 amide bonds. The number of aliphatic carboxylic acids is 1. The molecular formula is C25H24N2O4. The van der Waals surface area contributed by atoms with Gasteiger partial charge in [0.1, 0.15) is 12.6 Å². The number of carboxylic acid groups (broad SMARTS) is 1. The first-order chi connectivity index (χ1) is 15.0. The standard InChI is InChI=1S/C25H24N2O4/c1-16-12-13-26-14-17(16)10-11-23(24(28)29)27-25(30)31-15-22-20-8-4-2-6-18(20)19-7-3-5-9-21(19)22/h2-9,12-14,22-23H,10-11,15H2,1H3,(H,27,30)(H,28,29). The van der Waals surface area contributed by atoms with Crippen molar-refractivity contribution >= 4 is 12.1 Å². The molecule has 1 atom stereocenters. The number of benzene rings is 2. The number of ether oxygens (including phenoxy) is 1. The lowest BCUT2D eigenvalue weighted by atomic mass is 9.98. The van der Waals surface area contributed by atoms with E-state index >= 15 is 0 Å². The van der Waals surface area contributed by atoms with Crippen LogP contribution in [-0.2, 0) is 16.0 Å². The fraction of sp³-hybridized carbons (Fsp3) is 0.240. The Morgan fingerprint density at radius 3 is 2.32 bits per heavy atom. The van der Waals surface area contributed by atoms with E-state index in [4.69, 9.17) is 4.74 Å². The van der Waals surface area contributed by atoms with Crippen molar-refractivity contribution in [2.75, 3.05) is 6.61 Å². The molecule has 1 heterocycles. The molecule has 4 rings (SSSR count). The molecule has 6 heteroatoms. The Morgan fingerprint density at radius 1 is 1.06 bits per heavy atom. The van der Waals surface area contributed by atoms with Gasteiger partial charge in [-0.15, -0.1) is 0 Å². The van der Waals surface area contributed by atoms with Crippen LogP contribution < -0.4 is 5.32 Å². The first kappa shape index (κ1) is 20.6. The average molecular weight is 416 g/mol. The summed E-state index contributed by atoms with van der Waals surface area (Å²) in [6.45, 7) is 2.10. The predicted octanol–water partition coefficient (Wildman–Crippen LogP) is 4.31. The Morgan fingerprint density at radius 2 is 1.71 bits per heavy atom. The van der Waals surface area contributed by atoms with Gasteiger partial charge in [-0.2, -0.15) is 0 Å². The fourth-order valence-electron chi connectivity index (χ4n) is 4.10. The highest BCUT2D eigenvalue weighted by Crippen LogP contribution is 2.44. The number of hydrogen-bond acceptors (Lipinski definition) is 4. The van der Waals surface area contributed by atoms with Gasteiger partial charge in [0.15, 0.2) is 0 Å². The van der Waals surface area contributed by atoms with Crippen LogP contribution in [0.1, 0.15) is 34.6 Å². The molecule has 0 radical (unpaired) electrons. The number of fused-ring (bicyclic) bond motifs is 3. The molecule has 1 unspecified atom stereocenters. The van der Waals surface area contributed by atoms with Crippen molar-refractivity contribution in [3.05, 3.63) is 89.2 Å². The zero-order chi connectivity index (χ0) is 21.8. The van der Waals surface area contributed by atoms with Crippen molar-refractivity contribution < 1.29 is 19.4 Å². The maximum absolute atomic E-state index is 12.4. The molecule has 1 aromatic heterocycles. The van der Waals surface area contributed by atoms with Crippen LogP contribution in [0.5, 0.6) is 0 Å². The lowest BCUT2D eigenvalue weighted by molar-refractivity contribution is -0.139. The first-order valence-electron chi connectivity index (χ1n) is 10.3. The van der Waals surface area contributed by atoms with Gasteiger partial charge in [-0.05, 0) is 59.2 Å². The van der Waals surface area contributed by atoms with E-state index in [0.717, 1.165) is 33.4 Å².